The van der Waals surface area contributed by atoms with Crippen molar-refractivity contribution in [2.45, 2.75) is 26.4 Å². The molecule has 0 fully saturated rings. The van der Waals surface area contributed by atoms with E-state index < -0.39 is 0 Å². The van der Waals surface area contributed by atoms with Crippen molar-refractivity contribution in [2.24, 2.45) is 0 Å². The summed E-state index contributed by atoms with van der Waals surface area (Å²) in [6, 6.07) is 10.5. The van der Waals surface area contributed by atoms with Crippen LogP contribution in [0.4, 0.5) is 5.82 Å². The first-order chi connectivity index (χ1) is 9.09. The van der Waals surface area contributed by atoms with Gasteiger partial charge < -0.3 is 9.88 Å². The fourth-order valence-electron chi connectivity index (χ4n) is 1.86. The molecule has 0 amide bonds. The van der Waals surface area contributed by atoms with Gasteiger partial charge in [-0.15, -0.1) is 0 Å². The van der Waals surface area contributed by atoms with E-state index in [2.05, 4.69) is 40.8 Å². The van der Waals surface area contributed by atoms with E-state index in [9.17, 15) is 4.79 Å². The second kappa shape index (κ2) is 6.18. The van der Waals surface area contributed by atoms with Gasteiger partial charge in [0.05, 0.1) is 6.33 Å². The van der Waals surface area contributed by atoms with E-state index in [1.54, 1.807) is 0 Å². The summed E-state index contributed by atoms with van der Waals surface area (Å²) < 4.78 is 0.629. The van der Waals surface area contributed by atoms with E-state index in [1.165, 1.54) is 11.9 Å². The quantitative estimate of drug-likeness (QED) is 0.844. The normalized spacial score (nSPS) is 10.7. The third kappa shape index (κ3) is 3.34. The number of rotatable bonds is 4. The molecule has 2 aromatic rings. The van der Waals surface area contributed by atoms with Crippen LogP contribution in [-0.4, -0.2) is 16.0 Å². The van der Waals surface area contributed by atoms with Crippen molar-refractivity contribution < 1.29 is 0 Å². The number of halogens is 1. The highest BCUT2D eigenvalue weighted by Crippen LogP contribution is 2.20. The van der Waals surface area contributed by atoms with Gasteiger partial charge in [-0.2, -0.15) is 0 Å². The minimum absolute atomic E-state index is 0.0932. The van der Waals surface area contributed by atoms with Crippen LogP contribution in [-0.2, 0) is 6.54 Å². The Hall–Kier alpha value is -1.37. The van der Waals surface area contributed by atoms with Crippen molar-refractivity contribution in [3.05, 3.63) is 56.1 Å². The Bertz CT molecular complexity index is 595. The zero-order valence-electron chi connectivity index (χ0n) is 10.9. The summed E-state index contributed by atoms with van der Waals surface area (Å²) in [5.41, 5.74) is 1.11. The van der Waals surface area contributed by atoms with Crippen molar-refractivity contribution in [3.8, 4) is 0 Å². The van der Waals surface area contributed by atoms with Gasteiger partial charge in [0, 0.05) is 12.6 Å². The average molecular weight is 369 g/mol. The summed E-state index contributed by atoms with van der Waals surface area (Å²) in [4.78, 5) is 20.7. The molecule has 0 saturated carbocycles. The Morgan fingerprint density at radius 1 is 1.32 bits per heavy atom. The third-order valence-corrected chi connectivity index (χ3v) is 3.84. The van der Waals surface area contributed by atoms with Gasteiger partial charge in [-0.25, -0.2) is 4.98 Å². The van der Waals surface area contributed by atoms with Crippen molar-refractivity contribution in [1.82, 2.24) is 9.97 Å². The topological polar surface area (TPSA) is 49.0 Å². The van der Waals surface area contributed by atoms with Crippen molar-refractivity contribution in [1.29, 1.82) is 0 Å². The first-order valence-corrected chi connectivity index (χ1v) is 7.21. The maximum Gasteiger partial charge on any atom is 0.266 e. The fraction of sp³-hybridized carbons (Fsp3) is 0.286. The molecule has 4 nitrogen and oxygen atoms in total. The molecule has 2 rings (SSSR count). The maximum atomic E-state index is 11.7. The molecular formula is C14H16IN3O. The molecule has 0 saturated heterocycles. The molecule has 5 heteroatoms. The van der Waals surface area contributed by atoms with Gasteiger partial charge in [0.15, 0.2) is 0 Å². The summed E-state index contributed by atoms with van der Waals surface area (Å²) in [5.74, 6) is 0.739. The Balaban J connectivity index is 2.36. The van der Waals surface area contributed by atoms with Gasteiger partial charge in [-0.3, -0.25) is 4.79 Å². The van der Waals surface area contributed by atoms with Crippen molar-refractivity contribution >= 4 is 28.4 Å². The summed E-state index contributed by atoms with van der Waals surface area (Å²) in [7, 11) is 0. The largest absolute Gasteiger partial charge is 0.349 e. The number of H-pyrrole nitrogens is 1. The number of aromatic nitrogens is 2. The van der Waals surface area contributed by atoms with E-state index in [0.717, 1.165) is 12.4 Å². The molecule has 1 N–H and O–H groups in total. The molecule has 0 atom stereocenters. The van der Waals surface area contributed by atoms with Crippen LogP contribution in [0.2, 0.25) is 0 Å². The number of aromatic amines is 1. The lowest BCUT2D eigenvalue weighted by molar-refractivity contribution is 0.668. The summed E-state index contributed by atoms with van der Waals surface area (Å²) in [6.07, 6.45) is 1.46. The summed E-state index contributed by atoms with van der Waals surface area (Å²) in [6.45, 7) is 4.94. The molecule has 0 radical (unpaired) electrons. The van der Waals surface area contributed by atoms with Gasteiger partial charge in [-0.1, -0.05) is 30.3 Å². The van der Waals surface area contributed by atoms with Crippen LogP contribution < -0.4 is 10.5 Å². The standard InChI is InChI=1S/C14H16IN3O/c1-10(2)18(8-11-6-4-3-5-7-11)13-12(15)14(19)17-9-16-13/h3-7,9-10H,8H2,1-2H3,(H,16,17,19). The molecule has 0 aliphatic carbocycles. The van der Waals surface area contributed by atoms with E-state index in [-0.39, 0.29) is 11.6 Å². The van der Waals surface area contributed by atoms with E-state index >= 15 is 0 Å². The molecule has 19 heavy (non-hydrogen) atoms. The molecule has 0 bridgehead atoms. The number of nitrogens with zero attached hydrogens (tertiary/aromatic N) is 2. The van der Waals surface area contributed by atoms with Gasteiger partial charge in [0.2, 0.25) is 0 Å². The second-order valence-corrected chi connectivity index (χ2v) is 5.66. The second-order valence-electron chi connectivity index (χ2n) is 4.58. The predicted octanol–water partition coefficient (Wildman–Crippen LogP) is 2.79. The summed E-state index contributed by atoms with van der Waals surface area (Å²) in [5, 5.41) is 0. The molecule has 0 spiro atoms. The lowest BCUT2D eigenvalue weighted by Crippen LogP contribution is -2.33. The van der Waals surface area contributed by atoms with Crippen LogP contribution in [0.15, 0.2) is 41.5 Å². The SMILES string of the molecule is CC(C)N(Cc1ccccc1)c1nc[nH]c(=O)c1I. The molecular weight excluding hydrogens is 353 g/mol. The Morgan fingerprint density at radius 2 is 2.00 bits per heavy atom. The minimum Gasteiger partial charge on any atom is -0.349 e. The zero-order chi connectivity index (χ0) is 13.8. The van der Waals surface area contributed by atoms with Crippen LogP contribution in [0.3, 0.4) is 0 Å². The first kappa shape index (κ1) is 14.0. The van der Waals surface area contributed by atoms with E-state index in [1.807, 2.05) is 40.8 Å². The Morgan fingerprint density at radius 3 is 2.63 bits per heavy atom. The first-order valence-electron chi connectivity index (χ1n) is 6.13. The lowest BCUT2D eigenvalue weighted by atomic mass is 10.2. The highest BCUT2D eigenvalue weighted by Gasteiger charge is 2.17. The molecule has 1 aromatic carbocycles. The fourth-order valence-corrected chi connectivity index (χ4v) is 2.46. The number of benzene rings is 1. The van der Waals surface area contributed by atoms with Crippen LogP contribution in [0.5, 0.6) is 0 Å². The lowest BCUT2D eigenvalue weighted by Gasteiger charge is -2.28. The van der Waals surface area contributed by atoms with Gasteiger partial charge in [0.25, 0.3) is 5.56 Å². The van der Waals surface area contributed by atoms with Crippen LogP contribution in [0.25, 0.3) is 0 Å². The van der Waals surface area contributed by atoms with Crippen molar-refractivity contribution in [2.75, 3.05) is 4.90 Å². The highest BCUT2D eigenvalue weighted by atomic mass is 127. The smallest absolute Gasteiger partial charge is 0.266 e. The van der Waals surface area contributed by atoms with Crippen LogP contribution in [0, 0.1) is 3.57 Å². The molecule has 0 aliphatic heterocycles. The number of hydrogen-bond donors (Lipinski definition) is 1. The Kier molecular flexibility index (Phi) is 4.57. The molecule has 1 aromatic heterocycles. The number of anilines is 1. The van der Waals surface area contributed by atoms with Crippen molar-refractivity contribution in [3.63, 3.8) is 0 Å². The molecule has 1 heterocycles. The van der Waals surface area contributed by atoms with Gasteiger partial charge >= 0.3 is 0 Å². The number of nitrogens with one attached hydrogen (secondary N) is 1. The van der Waals surface area contributed by atoms with Crippen LogP contribution in [0.1, 0.15) is 19.4 Å². The third-order valence-electron chi connectivity index (χ3n) is 2.87. The molecule has 0 aliphatic rings. The van der Waals surface area contributed by atoms with Crippen LogP contribution >= 0.6 is 22.6 Å². The minimum atomic E-state index is -0.0932. The molecule has 0 unspecified atom stereocenters. The number of hydrogen-bond acceptors (Lipinski definition) is 3. The van der Waals surface area contributed by atoms with E-state index in [4.69, 9.17) is 0 Å². The molecule has 100 valence electrons. The van der Waals surface area contributed by atoms with Gasteiger partial charge in [-0.05, 0) is 42.0 Å². The Labute approximate surface area is 126 Å². The van der Waals surface area contributed by atoms with E-state index in [0.29, 0.717) is 3.57 Å². The average Bonchev–Trinajstić information content (AvgIpc) is 2.40. The summed E-state index contributed by atoms with van der Waals surface area (Å²) >= 11 is 2.05. The van der Waals surface area contributed by atoms with Gasteiger partial charge in [0.1, 0.15) is 9.39 Å². The highest BCUT2D eigenvalue weighted by molar-refractivity contribution is 14.1. The monoisotopic (exact) mass is 369 g/mol. The maximum absolute atomic E-state index is 11.7. The predicted molar refractivity (Wildman–Crippen MR) is 85.3 cm³/mol. The zero-order valence-corrected chi connectivity index (χ0v) is 13.1.